The fourth-order valence-corrected chi connectivity index (χ4v) is 1.30. The Morgan fingerprint density at radius 1 is 1.33 bits per heavy atom. The Hall–Kier alpha value is -1.57. The summed E-state index contributed by atoms with van der Waals surface area (Å²) in [4.78, 5) is 2.97. The molecule has 1 N–H and O–H groups in total. The maximum atomic E-state index is 12.8. The summed E-state index contributed by atoms with van der Waals surface area (Å²) in [6.45, 7) is 3.26. The number of hydrogen-bond acceptors (Lipinski definition) is 0. The van der Waals surface area contributed by atoms with E-state index in [1.165, 1.54) is 0 Å². The van der Waals surface area contributed by atoms with Gasteiger partial charge >= 0.3 is 0 Å². The van der Waals surface area contributed by atoms with E-state index in [0.717, 1.165) is 10.9 Å². The van der Waals surface area contributed by atoms with Gasteiger partial charge in [-0.2, -0.15) is 0 Å². The minimum absolute atomic E-state index is 0.396. The van der Waals surface area contributed by atoms with Crippen LogP contribution in [0.3, 0.4) is 0 Å². The van der Waals surface area contributed by atoms with Crippen molar-refractivity contribution in [2.45, 2.75) is 0 Å². The van der Waals surface area contributed by atoms with Gasteiger partial charge in [0.15, 0.2) is 0 Å². The van der Waals surface area contributed by atoms with Crippen molar-refractivity contribution in [3.8, 4) is 0 Å². The van der Waals surface area contributed by atoms with Crippen LogP contribution < -0.4 is 0 Å². The lowest BCUT2D eigenvalue weighted by Gasteiger charge is -1.91. The molecule has 0 spiro atoms. The Kier molecular flexibility index (Phi) is 1.47. The molecule has 0 saturated carbocycles. The Morgan fingerprint density at radius 2 is 2.08 bits per heavy atom. The molecule has 1 aromatic heterocycles. The van der Waals surface area contributed by atoms with Gasteiger partial charge in [0.1, 0.15) is 5.83 Å². The number of benzene rings is 1. The van der Waals surface area contributed by atoms with E-state index >= 15 is 0 Å². The summed E-state index contributed by atoms with van der Waals surface area (Å²) >= 11 is 0. The zero-order valence-corrected chi connectivity index (χ0v) is 6.47. The molecule has 0 atom stereocenters. The second-order valence-corrected chi connectivity index (χ2v) is 2.65. The summed E-state index contributed by atoms with van der Waals surface area (Å²) in [5.74, 6) is -0.396. The molecular formula is C10H8FN. The second-order valence-electron chi connectivity index (χ2n) is 2.65. The predicted molar refractivity (Wildman–Crippen MR) is 48.4 cm³/mol. The van der Waals surface area contributed by atoms with E-state index in [1.54, 1.807) is 6.20 Å². The quantitative estimate of drug-likeness (QED) is 0.661. The third-order valence-electron chi connectivity index (χ3n) is 1.88. The van der Waals surface area contributed by atoms with Crippen molar-refractivity contribution < 1.29 is 4.39 Å². The summed E-state index contributed by atoms with van der Waals surface area (Å²) in [5, 5.41) is 0.880. The molecule has 0 aliphatic rings. The molecule has 0 fully saturated rings. The number of H-pyrrole nitrogens is 1. The first-order valence-electron chi connectivity index (χ1n) is 3.70. The van der Waals surface area contributed by atoms with Crippen LogP contribution >= 0.6 is 0 Å². The summed E-state index contributed by atoms with van der Waals surface area (Å²) in [5.41, 5.74) is 1.48. The Bertz CT molecular complexity index is 428. The van der Waals surface area contributed by atoms with Gasteiger partial charge in [-0.15, -0.1) is 0 Å². The fourth-order valence-electron chi connectivity index (χ4n) is 1.30. The van der Waals surface area contributed by atoms with E-state index in [1.807, 2.05) is 24.3 Å². The number of aromatic nitrogens is 1. The van der Waals surface area contributed by atoms with Gasteiger partial charge in [-0.05, 0) is 6.07 Å². The lowest BCUT2D eigenvalue weighted by atomic mass is 10.2. The van der Waals surface area contributed by atoms with Gasteiger partial charge in [-0.1, -0.05) is 24.8 Å². The molecule has 1 aromatic carbocycles. The molecule has 2 rings (SSSR count). The highest BCUT2D eigenvalue weighted by atomic mass is 19.1. The molecular weight excluding hydrogens is 153 g/mol. The van der Waals surface area contributed by atoms with Crippen LogP contribution in [0.4, 0.5) is 4.39 Å². The van der Waals surface area contributed by atoms with Crippen molar-refractivity contribution in [2.75, 3.05) is 0 Å². The Labute approximate surface area is 69.5 Å². The Morgan fingerprint density at radius 3 is 2.83 bits per heavy atom. The fraction of sp³-hybridized carbons (Fsp3) is 0. The van der Waals surface area contributed by atoms with E-state index < -0.39 is 5.83 Å². The molecule has 0 aliphatic carbocycles. The van der Waals surface area contributed by atoms with E-state index in [-0.39, 0.29) is 0 Å². The molecule has 12 heavy (non-hydrogen) atoms. The van der Waals surface area contributed by atoms with E-state index in [4.69, 9.17) is 0 Å². The Balaban J connectivity index is 2.79. The van der Waals surface area contributed by atoms with Gasteiger partial charge in [0.05, 0.1) is 0 Å². The number of para-hydroxylation sites is 1. The lowest BCUT2D eigenvalue weighted by molar-refractivity contribution is 0.765. The highest BCUT2D eigenvalue weighted by Gasteiger charge is 2.04. The van der Waals surface area contributed by atoms with Crippen LogP contribution in [-0.4, -0.2) is 4.98 Å². The van der Waals surface area contributed by atoms with Crippen molar-refractivity contribution in [3.05, 3.63) is 42.6 Å². The minimum atomic E-state index is -0.396. The third kappa shape index (κ3) is 0.925. The summed E-state index contributed by atoms with van der Waals surface area (Å²) in [6.07, 6.45) is 1.63. The largest absolute Gasteiger partial charge is 0.360 e. The monoisotopic (exact) mass is 161 g/mol. The van der Waals surface area contributed by atoms with Crippen molar-refractivity contribution >= 4 is 16.7 Å². The third-order valence-corrected chi connectivity index (χ3v) is 1.88. The van der Waals surface area contributed by atoms with Crippen LogP contribution in [-0.2, 0) is 0 Å². The number of nitrogens with one attached hydrogen (secondary N) is 1. The van der Waals surface area contributed by atoms with Crippen LogP contribution in [0.2, 0.25) is 0 Å². The minimum Gasteiger partial charge on any atom is -0.360 e. The number of rotatable bonds is 1. The maximum Gasteiger partial charge on any atom is 0.125 e. The SMILES string of the molecule is C=C(F)c1c[nH]c2ccccc12. The highest BCUT2D eigenvalue weighted by molar-refractivity contribution is 5.90. The summed E-state index contributed by atoms with van der Waals surface area (Å²) in [7, 11) is 0. The first-order valence-corrected chi connectivity index (χ1v) is 3.70. The van der Waals surface area contributed by atoms with Gasteiger partial charge in [-0.25, -0.2) is 4.39 Å². The first-order chi connectivity index (χ1) is 5.79. The highest BCUT2D eigenvalue weighted by Crippen LogP contribution is 2.23. The molecule has 0 saturated heterocycles. The van der Waals surface area contributed by atoms with Crippen LogP contribution in [0, 0.1) is 0 Å². The molecule has 1 nitrogen and oxygen atoms in total. The zero-order chi connectivity index (χ0) is 8.55. The van der Waals surface area contributed by atoms with Crippen molar-refractivity contribution in [3.63, 3.8) is 0 Å². The smallest absolute Gasteiger partial charge is 0.125 e. The van der Waals surface area contributed by atoms with Crippen LogP contribution in [0.5, 0.6) is 0 Å². The lowest BCUT2D eigenvalue weighted by Crippen LogP contribution is -1.70. The molecule has 2 heteroatoms. The standard InChI is InChI=1S/C10H8FN/c1-7(11)9-6-12-10-5-3-2-4-8(9)10/h2-6,12H,1H2. The predicted octanol–water partition coefficient (Wildman–Crippen LogP) is 3.11. The summed E-state index contributed by atoms with van der Waals surface area (Å²) < 4.78 is 12.8. The van der Waals surface area contributed by atoms with Crippen molar-refractivity contribution in [2.24, 2.45) is 0 Å². The molecule has 0 amide bonds. The number of aromatic amines is 1. The average molecular weight is 161 g/mol. The first kappa shape index (κ1) is 7.10. The number of hydrogen-bond donors (Lipinski definition) is 1. The molecule has 1 heterocycles. The second kappa shape index (κ2) is 2.48. The van der Waals surface area contributed by atoms with Gasteiger partial charge in [0, 0.05) is 22.7 Å². The topological polar surface area (TPSA) is 15.8 Å². The summed E-state index contributed by atoms with van der Waals surface area (Å²) in [6, 6.07) is 7.56. The average Bonchev–Trinajstić information content (AvgIpc) is 2.47. The van der Waals surface area contributed by atoms with Crippen LogP contribution in [0.1, 0.15) is 5.56 Å². The van der Waals surface area contributed by atoms with E-state index in [9.17, 15) is 4.39 Å². The van der Waals surface area contributed by atoms with Gasteiger partial charge in [-0.3, -0.25) is 0 Å². The maximum absolute atomic E-state index is 12.8. The van der Waals surface area contributed by atoms with E-state index in [0.29, 0.717) is 5.56 Å². The molecule has 0 aliphatic heterocycles. The normalized spacial score (nSPS) is 10.4. The molecule has 60 valence electrons. The van der Waals surface area contributed by atoms with Gasteiger partial charge in [0.2, 0.25) is 0 Å². The molecule has 0 radical (unpaired) electrons. The molecule has 0 bridgehead atoms. The molecule has 0 unspecified atom stereocenters. The zero-order valence-electron chi connectivity index (χ0n) is 6.47. The van der Waals surface area contributed by atoms with Crippen LogP contribution in [0.15, 0.2) is 37.0 Å². The number of fused-ring (bicyclic) bond motifs is 1. The van der Waals surface area contributed by atoms with Gasteiger partial charge < -0.3 is 4.98 Å². The van der Waals surface area contributed by atoms with Crippen LogP contribution in [0.25, 0.3) is 16.7 Å². The van der Waals surface area contributed by atoms with E-state index in [2.05, 4.69) is 11.6 Å². The number of halogens is 1. The van der Waals surface area contributed by atoms with Crippen molar-refractivity contribution in [1.82, 2.24) is 4.98 Å². The van der Waals surface area contributed by atoms with Gasteiger partial charge in [0.25, 0.3) is 0 Å². The van der Waals surface area contributed by atoms with Crippen molar-refractivity contribution in [1.29, 1.82) is 0 Å². The molecule has 2 aromatic rings.